The normalized spacial score (nSPS) is 19.0. The van der Waals surface area contributed by atoms with E-state index >= 15 is 0 Å². The molecule has 0 bridgehead atoms. The molecule has 1 fully saturated rings. The third-order valence-corrected chi connectivity index (χ3v) is 3.63. The van der Waals surface area contributed by atoms with Crippen LogP contribution in [-0.2, 0) is 16.1 Å². The van der Waals surface area contributed by atoms with Crippen LogP contribution in [0, 0.1) is 11.3 Å². The highest BCUT2D eigenvalue weighted by Gasteiger charge is 2.29. The van der Waals surface area contributed by atoms with Crippen molar-refractivity contribution in [1.82, 2.24) is 9.80 Å². The van der Waals surface area contributed by atoms with Crippen molar-refractivity contribution in [2.75, 3.05) is 32.8 Å². The molecule has 21 heavy (non-hydrogen) atoms. The summed E-state index contributed by atoms with van der Waals surface area (Å²) in [5, 5.41) is 8.77. The van der Waals surface area contributed by atoms with E-state index in [1.807, 2.05) is 31.2 Å². The van der Waals surface area contributed by atoms with Crippen molar-refractivity contribution < 1.29 is 9.53 Å². The zero-order valence-electron chi connectivity index (χ0n) is 12.4. The number of rotatable bonds is 5. The molecule has 0 spiro atoms. The fourth-order valence-corrected chi connectivity index (χ4v) is 2.47. The highest BCUT2D eigenvalue weighted by atomic mass is 16.5. The highest BCUT2D eigenvalue weighted by molar-refractivity contribution is 5.81. The molecule has 2 rings (SSSR count). The first-order valence-corrected chi connectivity index (χ1v) is 7.28. The highest BCUT2D eigenvalue weighted by Crippen LogP contribution is 2.12. The molecular weight excluding hydrogens is 266 g/mol. The first-order valence-electron chi connectivity index (χ1n) is 7.28. The van der Waals surface area contributed by atoms with Crippen LogP contribution in [0.4, 0.5) is 0 Å². The number of hydrogen-bond acceptors (Lipinski definition) is 4. The average molecular weight is 287 g/mol. The number of amides is 1. The Balaban J connectivity index is 1.94. The predicted octanol–water partition coefficient (Wildman–Crippen LogP) is 1.26. The van der Waals surface area contributed by atoms with Crippen LogP contribution in [0.5, 0.6) is 0 Å². The molecule has 5 heteroatoms. The van der Waals surface area contributed by atoms with Crippen LogP contribution in [0.3, 0.4) is 0 Å². The summed E-state index contributed by atoms with van der Waals surface area (Å²) in [5.41, 5.74) is 1.23. The van der Waals surface area contributed by atoms with Crippen LogP contribution in [0.15, 0.2) is 30.3 Å². The van der Waals surface area contributed by atoms with Crippen molar-refractivity contribution in [3.05, 3.63) is 35.9 Å². The van der Waals surface area contributed by atoms with E-state index in [0.717, 1.165) is 13.1 Å². The molecule has 0 radical (unpaired) electrons. The van der Waals surface area contributed by atoms with Gasteiger partial charge in [0.05, 0.1) is 12.7 Å². The van der Waals surface area contributed by atoms with Gasteiger partial charge in [0.1, 0.15) is 12.6 Å². The summed E-state index contributed by atoms with van der Waals surface area (Å²) in [6.07, 6.45) is -0.462. The Morgan fingerprint density at radius 2 is 2.24 bits per heavy atom. The summed E-state index contributed by atoms with van der Waals surface area (Å²) in [6, 6.07) is 12.2. The minimum Gasteiger partial charge on any atom is -0.366 e. The smallest absolute Gasteiger partial charge is 0.253 e. The fourth-order valence-electron chi connectivity index (χ4n) is 2.47. The van der Waals surface area contributed by atoms with Gasteiger partial charge < -0.3 is 9.64 Å². The van der Waals surface area contributed by atoms with Crippen molar-refractivity contribution in [1.29, 1.82) is 5.26 Å². The number of benzene rings is 1. The number of nitrogens with zero attached hydrogens (tertiary/aromatic N) is 3. The molecule has 0 unspecified atom stereocenters. The number of ether oxygens (including phenoxy) is 1. The molecule has 1 atom stereocenters. The van der Waals surface area contributed by atoms with Gasteiger partial charge in [-0.2, -0.15) is 5.26 Å². The molecule has 0 N–H and O–H groups in total. The quantitative estimate of drug-likeness (QED) is 0.765. The molecule has 1 aliphatic rings. The summed E-state index contributed by atoms with van der Waals surface area (Å²) < 4.78 is 5.59. The van der Waals surface area contributed by atoms with Crippen LogP contribution in [0.25, 0.3) is 0 Å². The summed E-state index contributed by atoms with van der Waals surface area (Å²) in [6.45, 7) is 5.29. The Kier molecular flexibility index (Phi) is 5.73. The lowest BCUT2D eigenvalue weighted by atomic mass is 10.2. The van der Waals surface area contributed by atoms with Crippen LogP contribution in [0.1, 0.15) is 12.5 Å². The lowest BCUT2D eigenvalue weighted by Crippen LogP contribution is -2.50. The van der Waals surface area contributed by atoms with Crippen LogP contribution < -0.4 is 0 Å². The second kappa shape index (κ2) is 7.77. The van der Waals surface area contributed by atoms with Gasteiger partial charge in [-0.05, 0) is 12.5 Å². The van der Waals surface area contributed by atoms with Crippen molar-refractivity contribution in [3.63, 3.8) is 0 Å². The molecule has 1 amide bonds. The molecular formula is C16H21N3O2. The van der Waals surface area contributed by atoms with Gasteiger partial charge >= 0.3 is 0 Å². The standard InChI is InChI=1S/C16H21N3O2/c1-2-19(9-8-17)16(20)15-13-18(10-11-21-15)12-14-6-4-3-5-7-14/h3-7,15H,2,9-13H2,1H3/t15-/m1/s1. The molecule has 1 aliphatic heterocycles. The predicted molar refractivity (Wildman–Crippen MR) is 79.3 cm³/mol. The van der Waals surface area contributed by atoms with Gasteiger partial charge in [0.25, 0.3) is 5.91 Å². The van der Waals surface area contributed by atoms with E-state index in [1.54, 1.807) is 0 Å². The molecule has 0 aliphatic carbocycles. The van der Waals surface area contributed by atoms with Crippen molar-refractivity contribution in [2.24, 2.45) is 0 Å². The number of morpholine rings is 1. The average Bonchev–Trinajstić information content (AvgIpc) is 2.53. The van der Waals surface area contributed by atoms with Gasteiger partial charge in [-0.25, -0.2) is 0 Å². The molecule has 1 heterocycles. The van der Waals surface area contributed by atoms with Crippen molar-refractivity contribution >= 4 is 5.91 Å². The molecule has 1 aromatic rings. The van der Waals surface area contributed by atoms with E-state index in [1.165, 1.54) is 10.5 Å². The number of carbonyl (C=O) groups excluding carboxylic acids is 1. The third-order valence-electron chi connectivity index (χ3n) is 3.63. The Hall–Kier alpha value is -1.90. The molecule has 0 saturated carbocycles. The van der Waals surface area contributed by atoms with E-state index in [4.69, 9.17) is 10.00 Å². The largest absolute Gasteiger partial charge is 0.366 e. The van der Waals surface area contributed by atoms with Gasteiger partial charge in [-0.15, -0.1) is 0 Å². The number of hydrogen-bond donors (Lipinski definition) is 0. The molecule has 1 saturated heterocycles. The number of likely N-dealkylation sites (N-methyl/N-ethyl adjacent to an activating group) is 1. The zero-order chi connectivity index (χ0) is 15.1. The Morgan fingerprint density at radius 3 is 2.90 bits per heavy atom. The van der Waals surface area contributed by atoms with Crippen molar-refractivity contribution in [2.45, 2.75) is 19.6 Å². The maximum atomic E-state index is 12.3. The first-order chi connectivity index (χ1) is 10.2. The minimum absolute atomic E-state index is 0.0863. The van der Waals surface area contributed by atoms with Gasteiger partial charge in [-0.3, -0.25) is 9.69 Å². The topological polar surface area (TPSA) is 56.6 Å². The lowest BCUT2D eigenvalue weighted by Gasteiger charge is -2.34. The monoisotopic (exact) mass is 287 g/mol. The maximum absolute atomic E-state index is 12.3. The van der Waals surface area contributed by atoms with Crippen molar-refractivity contribution in [3.8, 4) is 6.07 Å². The lowest BCUT2D eigenvalue weighted by molar-refractivity contribution is -0.148. The summed E-state index contributed by atoms with van der Waals surface area (Å²) >= 11 is 0. The van der Waals surface area contributed by atoms with Crippen LogP contribution in [-0.4, -0.2) is 54.6 Å². The first kappa shape index (κ1) is 15.5. The van der Waals surface area contributed by atoms with Crippen LogP contribution >= 0.6 is 0 Å². The summed E-state index contributed by atoms with van der Waals surface area (Å²) in [4.78, 5) is 16.1. The fraction of sp³-hybridized carbons (Fsp3) is 0.500. The van der Waals surface area contributed by atoms with E-state index < -0.39 is 6.10 Å². The van der Waals surface area contributed by atoms with Gasteiger partial charge in [0.15, 0.2) is 0 Å². The molecule has 1 aromatic carbocycles. The van der Waals surface area contributed by atoms with Gasteiger partial charge in [-0.1, -0.05) is 30.3 Å². The second-order valence-electron chi connectivity index (χ2n) is 5.09. The summed E-state index contributed by atoms with van der Waals surface area (Å²) in [7, 11) is 0. The Morgan fingerprint density at radius 1 is 1.48 bits per heavy atom. The Bertz CT molecular complexity index is 498. The molecule has 5 nitrogen and oxygen atoms in total. The minimum atomic E-state index is -0.462. The van der Waals surface area contributed by atoms with Gasteiger partial charge in [0.2, 0.25) is 0 Å². The van der Waals surface area contributed by atoms with E-state index in [2.05, 4.69) is 17.0 Å². The third kappa shape index (κ3) is 4.28. The number of carbonyl (C=O) groups is 1. The van der Waals surface area contributed by atoms with Gasteiger partial charge in [0, 0.05) is 26.2 Å². The van der Waals surface area contributed by atoms with E-state index in [0.29, 0.717) is 19.7 Å². The van der Waals surface area contributed by atoms with E-state index in [-0.39, 0.29) is 12.5 Å². The maximum Gasteiger partial charge on any atom is 0.253 e. The summed E-state index contributed by atoms with van der Waals surface area (Å²) in [5.74, 6) is -0.0863. The molecule has 112 valence electrons. The zero-order valence-corrected chi connectivity index (χ0v) is 12.4. The second-order valence-corrected chi connectivity index (χ2v) is 5.09. The Labute approximate surface area is 125 Å². The van der Waals surface area contributed by atoms with Crippen LogP contribution in [0.2, 0.25) is 0 Å². The SMILES string of the molecule is CCN(CC#N)C(=O)[C@H]1CN(Cc2ccccc2)CCO1. The van der Waals surface area contributed by atoms with E-state index in [9.17, 15) is 4.79 Å². The molecule has 0 aromatic heterocycles. The number of nitriles is 1.